The Balaban J connectivity index is 2.38. The molecule has 0 radical (unpaired) electrons. The van der Waals surface area contributed by atoms with E-state index < -0.39 is 0 Å². The summed E-state index contributed by atoms with van der Waals surface area (Å²) in [6, 6.07) is -0.334. The van der Waals surface area contributed by atoms with Gasteiger partial charge in [-0.15, -0.1) is 0 Å². The summed E-state index contributed by atoms with van der Waals surface area (Å²) < 4.78 is 0. The molecule has 1 rings (SSSR count). The van der Waals surface area contributed by atoms with Crippen molar-refractivity contribution in [3.63, 3.8) is 0 Å². The number of rotatable bonds is 7. The van der Waals surface area contributed by atoms with Crippen LogP contribution in [0.3, 0.4) is 0 Å². The van der Waals surface area contributed by atoms with E-state index in [1.165, 1.54) is 12.2 Å². The second-order valence-corrected chi connectivity index (χ2v) is 4.43. The average molecular weight is 237 g/mol. The van der Waals surface area contributed by atoms with E-state index in [0.29, 0.717) is 6.42 Å². The maximum atomic E-state index is 11.6. The third-order valence-corrected chi connectivity index (χ3v) is 2.87. The molecule has 2 amide bonds. The largest absolute Gasteiger partial charge is 0.300 e. The Morgan fingerprint density at radius 2 is 1.82 bits per heavy atom. The molecule has 1 heterocycles. The molecule has 1 unspecified atom stereocenters. The van der Waals surface area contributed by atoms with Crippen LogP contribution in [0.4, 0.5) is 0 Å². The molecule has 0 saturated heterocycles. The summed E-state index contributed by atoms with van der Waals surface area (Å²) in [5, 5.41) is 0. The Hall–Kier alpha value is -1.45. The molecule has 4 heteroatoms. The summed E-state index contributed by atoms with van der Waals surface area (Å²) in [5.74, 6) is -0.508. The Morgan fingerprint density at radius 1 is 1.24 bits per heavy atom. The van der Waals surface area contributed by atoms with Crippen molar-refractivity contribution in [2.24, 2.45) is 0 Å². The Morgan fingerprint density at radius 3 is 2.35 bits per heavy atom. The number of carbonyl (C=O) groups excluding carboxylic acids is 3. The van der Waals surface area contributed by atoms with Crippen LogP contribution in [0.2, 0.25) is 0 Å². The van der Waals surface area contributed by atoms with Gasteiger partial charge in [0.2, 0.25) is 0 Å². The number of carbonyl (C=O) groups is 3. The normalized spacial score (nSPS) is 16.7. The van der Waals surface area contributed by atoms with E-state index in [-0.39, 0.29) is 30.1 Å². The van der Waals surface area contributed by atoms with E-state index in [2.05, 4.69) is 6.92 Å². The van der Waals surface area contributed by atoms with Gasteiger partial charge in [-0.25, -0.2) is 0 Å². The van der Waals surface area contributed by atoms with Gasteiger partial charge in [0.25, 0.3) is 11.8 Å². The molecule has 0 saturated carbocycles. The van der Waals surface area contributed by atoms with Crippen LogP contribution in [0.25, 0.3) is 0 Å². The highest BCUT2D eigenvalue weighted by Crippen LogP contribution is 2.13. The van der Waals surface area contributed by atoms with Gasteiger partial charge in [-0.05, 0) is 13.3 Å². The molecule has 0 N–H and O–H groups in total. The molecule has 1 aliphatic rings. The number of nitrogens with zero attached hydrogens (tertiary/aromatic N) is 1. The van der Waals surface area contributed by atoms with Crippen LogP contribution in [0.1, 0.15) is 46.0 Å². The predicted molar refractivity (Wildman–Crippen MR) is 64.2 cm³/mol. The third kappa shape index (κ3) is 3.80. The van der Waals surface area contributed by atoms with Gasteiger partial charge in [0.15, 0.2) is 0 Å². The highest BCUT2D eigenvalue weighted by Gasteiger charge is 2.29. The van der Waals surface area contributed by atoms with Gasteiger partial charge in [-0.2, -0.15) is 0 Å². The molecule has 94 valence electrons. The van der Waals surface area contributed by atoms with E-state index in [1.54, 1.807) is 6.92 Å². The predicted octanol–water partition coefficient (Wildman–Crippen LogP) is 1.84. The fourth-order valence-electron chi connectivity index (χ4n) is 1.94. The van der Waals surface area contributed by atoms with Crippen LogP contribution in [-0.4, -0.2) is 28.5 Å². The summed E-state index contributed by atoms with van der Waals surface area (Å²) in [4.78, 5) is 35.5. The summed E-state index contributed by atoms with van der Waals surface area (Å²) >= 11 is 0. The Kier molecular flexibility index (Phi) is 5.07. The number of hydrogen-bond acceptors (Lipinski definition) is 3. The highest BCUT2D eigenvalue weighted by atomic mass is 16.2. The van der Waals surface area contributed by atoms with E-state index in [4.69, 9.17) is 0 Å². The summed E-state index contributed by atoms with van der Waals surface area (Å²) in [7, 11) is 0. The second kappa shape index (κ2) is 6.33. The third-order valence-electron chi connectivity index (χ3n) is 2.87. The number of ketones is 1. The average Bonchev–Trinajstić information content (AvgIpc) is 2.58. The molecule has 17 heavy (non-hydrogen) atoms. The van der Waals surface area contributed by atoms with Crippen LogP contribution < -0.4 is 0 Å². The van der Waals surface area contributed by atoms with E-state index in [9.17, 15) is 14.4 Å². The minimum atomic E-state index is -0.334. The topological polar surface area (TPSA) is 54.5 Å². The molecular weight excluding hydrogens is 218 g/mol. The smallest absolute Gasteiger partial charge is 0.253 e. The van der Waals surface area contributed by atoms with Crippen LogP contribution in [0.15, 0.2) is 12.2 Å². The van der Waals surface area contributed by atoms with Crippen LogP contribution in [-0.2, 0) is 14.4 Å². The van der Waals surface area contributed by atoms with E-state index in [1.807, 2.05) is 0 Å². The second-order valence-electron chi connectivity index (χ2n) is 4.43. The van der Waals surface area contributed by atoms with E-state index >= 15 is 0 Å². The van der Waals surface area contributed by atoms with Crippen molar-refractivity contribution in [3.8, 4) is 0 Å². The van der Waals surface area contributed by atoms with Gasteiger partial charge in [-0.1, -0.05) is 19.8 Å². The summed E-state index contributed by atoms with van der Waals surface area (Å²) in [6.45, 7) is 3.82. The fraction of sp³-hybridized carbons (Fsp3) is 0.615. The number of unbranched alkanes of at least 4 members (excludes halogenated alkanes) is 2. The van der Waals surface area contributed by atoms with Gasteiger partial charge in [0, 0.05) is 31.0 Å². The van der Waals surface area contributed by atoms with Crippen molar-refractivity contribution in [1.82, 2.24) is 4.90 Å². The van der Waals surface area contributed by atoms with Crippen LogP contribution in [0.5, 0.6) is 0 Å². The van der Waals surface area contributed by atoms with Crippen LogP contribution in [0, 0.1) is 0 Å². The number of imide groups is 1. The Bertz CT molecular complexity index is 329. The van der Waals surface area contributed by atoms with Crippen molar-refractivity contribution < 1.29 is 14.4 Å². The van der Waals surface area contributed by atoms with Gasteiger partial charge in [0.1, 0.15) is 5.78 Å². The number of Topliss-reactive ketones (excluding diaryl/α,β-unsaturated/α-hetero) is 1. The molecule has 0 aliphatic carbocycles. The molecular formula is C13H19NO3. The summed E-state index contributed by atoms with van der Waals surface area (Å²) in [5.41, 5.74) is 0. The SMILES string of the molecule is CCCCCC(=O)CC(C)N1C(=O)C=CC1=O. The maximum Gasteiger partial charge on any atom is 0.253 e. The van der Waals surface area contributed by atoms with Gasteiger partial charge in [-0.3, -0.25) is 19.3 Å². The molecule has 0 spiro atoms. The van der Waals surface area contributed by atoms with E-state index in [0.717, 1.165) is 24.2 Å². The van der Waals surface area contributed by atoms with Gasteiger partial charge >= 0.3 is 0 Å². The first kappa shape index (κ1) is 13.6. The zero-order chi connectivity index (χ0) is 12.8. The lowest BCUT2D eigenvalue weighted by Crippen LogP contribution is -2.39. The minimum absolute atomic E-state index is 0.124. The van der Waals surface area contributed by atoms with Crippen LogP contribution >= 0.6 is 0 Å². The van der Waals surface area contributed by atoms with Crippen molar-refractivity contribution in [3.05, 3.63) is 12.2 Å². The number of amides is 2. The first-order valence-corrected chi connectivity index (χ1v) is 6.13. The molecule has 1 aliphatic heterocycles. The zero-order valence-corrected chi connectivity index (χ0v) is 10.4. The molecule has 0 aromatic carbocycles. The zero-order valence-electron chi connectivity index (χ0n) is 10.4. The van der Waals surface area contributed by atoms with Crippen molar-refractivity contribution in [2.75, 3.05) is 0 Å². The van der Waals surface area contributed by atoms with Crippen molar-refractivity contribution in [1.29, 1.82) is 0 Å². The lowest BCUT2D eigenvalue weighted by Gasteiger charge is -2.21. The summed E-state index contributed by atoms with van der Waals surface area (Å²) in [6.07, 6.45) is 6.33. The molecule has 0 bridgehead atoms. The molecule has 0 aromatic rings. The molecule has 4 nitrogen and oxygen atoms in total. The number of hydrogen-bond donors (Lipinski definition) is 0. The first-order valence-electron chi connectivity index (χ1n) is 6.13. The lowest BCUT2D eigenvalue weighted by molar-refractivity contribution is -0.139. The lowest BCUT2D eigenvalue weighted by atomic mass is 10.1. The standard InChI is InChI=1S/C13H19NO3/c1-3-4-5-6-11(15)9-10(2)14-12(16)7-8-13(14)17/h7-8,10H,3-6,9H2,1-2H3. The van der Waals surface area contributed by atoms with Gasteiger partial charge in [0.05, 0.1) is 0 Å². The monoisotopic (exact) mass is 237 g/mol. The quantitative estimate of drug-likeness (QED) is 0.501. The van der Waals surface area contributed by atoms with Crippen molar-refractivity contribution in [2.45, 2.75) is 52.0 Å². The highest BCUT2D eigenvalue weighted by molar-refractivity contribution is 6.13. The Labute approximate surface area is 102 Å². The first-order chi connectivity index (χ1) is 8.06. The minimum Gasteiger partial charge on any atom is -0.300 e. The molecule has 0 fully saturated rings. The maximum absolute atomic E-state index is 11.6. The molecule has 1 atom stereocenters. The molecule has 0 aromatic heterocycles. The van der Waals surface area contributed by atoms with Gasteiger partial charge < -0.3 is 0 Å². The fourth-order valence-corrected chi connectivity index (χ4v) is 1.94. The van der Waals surface area contributed by atoms with Crippen molar-refractivity contribution >= 4 is 17.6 Å².